The zero-order chi connectivity index (χ0) is 28.1. The third kappa shape index (κ3) is 5.11. The van der Waals surface area contributed by atoms with E-state index in [-0.39, 0.29) is 40.5 Å². The van der Waals surface area contributed by atoms with Crippen LogP contribution in [-0.4, -0.2) is 67.3 Å². The monoisotopic (exact) mass is 578 g/mol. The average Bonchev–Trinajstić information content (AvgIpc) is 3.46. The zero-order valence-corrected chi connectivity index (χ0v) is 21.4. The molecule has 3 amide bonds. The standard InChI is InChI=1S/C25H18ClF3N4O5S/c26-15-3-1-13(17(9-15)25(27,28)29)8-16(12-2-4-18-14(7-12)10-30-31-18)21-22(35)33(24(38)39-21)19-5-6-32(23(36)37)11-20(19)34/h1-4,7,9-10,19H,5-6,8,11H2,(H,30,31)(H,36,37). The molecule has 0 saturated carbocycles. The lowest BCUT2D eigenvalue weighted by Gasteiger charge is -2.32. The Labute approximate surface area is 227 Å². The van der Waals surface area contributed by atoms with E-state index in [9.17, 15) is 32.3 Å². The molecule has 0 aliphatic carbocycles. The number of carbonyl (C=O) groups is 4. The molecule has 39 heavy (non-hydrogen) atoms. The van der Waals surface area contributed by atoms with Crippen molar-refractivity contribution in [1.29, 1.82) is 0 Å². The van der Waals surface area contributed by atoms with E-state index < -0.39 is 47.3 Å². The molecule has 2 N–H and O–H groups in total. The van der Waals surface area contributed by atoms with Gasteiger partial charge in [-0.2, -0.15) is 18.3 Å². The first-order chi connectivity index (χ1) is 18.4. The first-order valence-electron chi connectivity index (χ1n) is 11.5. The highest BCUT2D eigenvalue weighted by molar-refractivity contribution is 8.18. The normalized spacial score (nSPS) is 19.8. The van der Waals surface area contributed by atoms with Crippen LogP contribution in [0.25, 0.3) is 16.5 Å². The molecule has 2 aromatic carbocycles. The number of carbonyl (C=O) groups excluding carboxylic acids is 3. The third-order valence-electron chi connectivity index (χ3n) is 6.58. The SMILES string of the molecule is O=C1CN(C(=O)O)CCC1N1C(=O)SC(=C(Cc2ccc(Cl)cc2C(F)(F)F)c2ccc3[nH]ncc3c2)C1=O. The molecular weight excluding hydrogens is 561 g/mol. The number of aromatic amines is 1. The van der Waals surface area contributed by atoms with Crippen LogP contribution >= 0.6 is 23.4 Å². The van der Waals surface area contributed by atoms with Crippen molar-refractivity contribution in [3.63, 3.8) is 0 Å². The van der Waals surface area contributed by atoms with Crippen LogP contribution in [0.2, 0.25) is 5.02 Å². The lowest BCUT2D eigenvalue weighted by atomic mass is 9.93. The zero-order valence-electron chi connectivity index (χ0n) is 19.8. The molecule has 0 spiro atoms. The molecular formula is C25H18ClF3N4O5S. The van der Waals surface area contributed by atoms with Crippen LogP contribution in [0.3, 0.4) is 0 Å². The number of hydrogen-bond acceptors (Lipinski definition) is 6. The number of allylic oxidation sites excluding steroid dienone is 1. The third-order valence-corrected chi connectivity index (χ3v) is 7.81. The number of amides is 3. The van der Waals surface area contributed by atoms with Gasteiger partial charge in [-0.1, -0.05) is 23.7 Å². The van der Waals surface area contributed by atoms with E-state index in [1.165, 1.54) is 18.3 Å². The number of hydrogen-bond donors (Lipinski definition) is 2. The maximum Gasteiger partial charge on any atom is 0.416 e. The Morgan fingerprint density at radius 2 is 1.95 bits per heavy atom. The fourth-order valence-corrected chi connectivity index (χ4v) is 5.84. The second-order valence-electron chi connectivity index (χ2n) is 8.97. The highest BCUT2D eigenvalue weighted by atomic mass is 35.5. The molecule has 3 heterocycles. The number of carboxylic acid groups (broad SMARTS) is 1. The van der Waals surface area contributed by atoms with E-state index in [0.717, 1.165) is 15.9 Å². The number of likely N-dealkylation sites (tertiary alicyclic amines) is 1. The van der Waals surface area contributed by atoms with Crippen LogP contribution in [0.4, 0.5) is 22.8 Å². The molecule has 1 atom stereocenters. The van der Waals surface area contributed by atoms with Crippen LogP contribution < -0.4 is 0 Å². The number of nitrogens with one attached hydrogen (secondary N) is 1. The number of H-pyrrole nitrogens is 1. The predicted molar refractivity (Wildman–Crippen MR) is 136 cm³/mol. The lowest BCUT2D eigenvalue weighted by molar-refractivity contribution is -0.138. The summed E-state index contributed by atoms with van der Waals surface area (Å²) >= 11 is 6.38. The van der Waals surface area contributed by atoms with Gasteiger partial charge in [-0.3, -0.25) is 24.4 Å². The van der Waals surface area contributed by atoms with Gasteiger partial charge < -0.3 is 10.0 Å². The first kappa shape index (κ1) is 26.8. The topological polar surface area (TPSA) is 124 Å². The van der Waals surface area contributed by atoms with Gasteiger partial charge in [0.25, 0.3) is 11.1 Å². The largest absolute Gasteiger partial charge is 0.465 e. The van der Waals surface area contributed by atoms with E-state index in [1.54, 1.807) is 18.2 Å². The van der Waals surface area contributed by atoms with Crippen molar-refractivity contribution in [2.45, 2.75) is 25.1 Å². The average molecular weight is 579 g/mol. The Balaban J connectivity index is 1.60. The summed E-state index contributed by atoms with van der Waals surface area (Å²) < 4.78 is 41.7. The van der Waals surface area contributed by atoms with Crippen LogP contribution in [-0.2, 0) is 22.2 Å². The van der Waals surface area contributed by atoms with Crippen LogP contribution in [0.1, 0.15) is 23.1 Å². The minimum absolute atomic E-state index is 0.0593. The minimum Gasteiger partial charge on any atom is -0.465 e. The Kier molecular flexibility index (Phi) is 6.89. The van der Waals surface area contributed by atoms with E-state index in [4.69, 9.17) is 16.7 Å². The second kappa shape index (κ2) is 10.0. The second-order valence-corrected chi connectivity index (χ2v) is 10.4. The van der Waals surface area contributed by atoms with Gasteiger partial charge in [0.15, 0.2) is 5.78 Å². The van der Waals surface area contributed by atoms with Crippen molar-refractivity contribution in [3.8, 4) is 0 Å². The molecule has 5 rings (SSSR count). The number of ketones is 1. The van der Waals surface area contributed by atoms with Gasteiger partial charge in [0, 0.05) is 17.0 Å². The van der Waals surface area contributed by atoms with Crippen molar-refractivity contribution in [3.05, 3.63) is 69.2 Å². The Bertz CT molecular complexity index is 1570. The van der Waals surface area contributed by atoms with Crippen molar-refractivity contribution in [2.75, 3.05) is 13.1 Å². The number of Topliss-reactive ketones (excluding diaryl/α,β-unsaturated/α-hetero) is 1. The van der Waals surface area contributed by atoms with E-state index >= 15 is 0 Å². The molecule has 14 heteroatoms. The summed E-state index contributed by atoms with van der Waals surface area (Å²) in [6.07, 6.45) is -4.96. The van der Waals surface area contributed by atoms with Gasteiger partial charge in [0.2, 0.25) is 0 Å². The maximum absolute atomic E-state index is 13.9. The fraction of sp³-hybridized carbons (Fsp3) is 0.240. The smallest absolute Gasteiger partial charge is 0.416 e. The quantitative estimate of drug-likeness (QED) is 0.408. The van der Waals surface area contributed by atoms with Gasteiger partial charge in [-0.15, -0.1) is 0 Å². The van der Waals surface area contributed by atoms with Gasteiger partial charge in [0.1, 0.15) is 6.04 Å². The molecule has 1 unspecified atom stereocenters. The van der Waals surface area contributed by atoms with Crippen LogP contribution in [0.5, 0.6) is 0 Å². The number of piperidine rings is 1. The summed E-state index contributed by atoms with van der Waals surface area (Å²) in [5.41, 5.74) is 0.0697. The summed E-state index contributed by atoms with van der Waals surface area (Å²) in [7, 11) is 0. The lowest BCUT2D eigenvalue weighted by Crippen LogP contribution is -2.54. The molecule has 2 saturated heterocycles. The first-order valence-corrected chi connectivity index (χ1v) is 12.7. The van der Waals surface area contributed by atoms with Crippen LogP contribution in [0, 0.1) is 0 Å². The van der Waals surface area contributed by atoms with Crippen molar-refractivity contribution in [2.24, 2.45) is 0 Å². The van der Waals surface area contributed by atoms with Gasteiger partial charge in [-0.25, -0.2) is 4.79 Å². The molecule has 3 aromatic rings. The fourth-order valence-electron chi connectivity index (χ4n) is 4.68. The maximum atomic E-state index is 13.9. The van der Waals surface area contributed by atoms with Crippen molar-refractivity contribution in [1.82, 2.24) is 20.0 Å². The molecule has 0 bridgehead atoms. The number of imide groups is 1. The number of thioether (sulfide) groups is 1. The number of alkyl halides is 3. The van der Waals surface area contributed by atoms with E-state index in [1.807, 2.05) is 0 Å². The molecule has 2 fully saturated rings. The number of nitrogens with zero attached hydrogens (tertiary/aromatic N) is 3. The molecule has 2 aliphatic heterocycles. The molecule has 202 valence electrons. The minimum atomic E-state index is -4.73. The summed E-state index contributed by atoms with van der Waals surface area (Å²) in [4.78, 5) is 52.1. The van der Waals surface area contributed by atoms with Crippen molar-refractivity contribution < 1.29 is 37.5 Å². The van der Waals surface area contributed by atoms with Crippen LogP contribution in [0.15, 0.2) is 47.5 Å². The highest BCUT2D eigenvalue weighted by Gasteiger charge is 2.46. The number of benzene rings is 2. The van der Waals surface area contributed by atoms with E-state index in [2.05, 4.69) is 10.2 Å². The Morgan fingerprint density at radius 1 is 1.18 bits per heavy atom. The number of rotatable bonds is 4. The summed E-state index contributed by atoms with van der Waals surface area (Å²) in [5.74, 6) is -1.44. The van der Waals surface area contributed by atoms with Gasteiger partial charge in [-0.05, 0) is 65.6 Å². The Hall–Kier alpha value is -3.84. The number of aromatic nitrogens is 2. The molecule has 9 nitrogen and oxygen atoms in total. The summed E-state index contributed by atoms with van der Waals surface area (Å²) in [6.45, 7) is -0.541. The number of fused-ring (bicyclic) bond motifs is 1. The summed E-state index contributed by atoms with van der Waals surface area (Å²) in [6, 6.07) is 7.05. The molecule has 2 aliphatic rings. The highest BCUT2D eigenvalue weighted by Crippen LogP contribution is 2.42. The van der Waals surface area contributed by atoms with Gasteiger partial charge in [0.05, 0.1) is 28.7 Å². The molecule has 0 radical (unpaired) electrons. The predicted octanol–water partition coefficient (Wildman–Crippen LogP) is 5.21. The van der Waals surface area contributed by atoms with Crippen molar-refractivity contribution >= 4 is 62.9 Å². The number of halogens is 4. The van der Waals surface area contributed by atoms with E-state index in [0.29, 0.717) is 28.2 Å². The summed E-state index contributed by atoms with van der Waals surface area (Å²) in [5, 5.41) is 15.6. The molecule has 1 aromatic heterocycles. The van der Waals surface area contributed by atoms with Gasteiger partial charge >= 0.3 is 12.3 Å². The Morgan fingerprint density at radius 3 is 2.64 bits per heavy atom.